The smallest absolute Gasteiger partial charge is 0.176 e. The molecule has 2 aromatic heterocycles. The molecule has 18 heavy (non-hydrogen) atoms. The third-order valence-corrected chi connectivity index (χ3v) is 2.52. The number of hydrogen-bond acceptors (Lipinski definition) is 5. The Kier molecular flexibility index (Phi) is 4.43. The molecule has 0 aromatic carbocycles. The maximum Gasteiger partial charge on any atom is 0.176 e. The molecule has 2 heterocycles. The molecule has 0 aliphatic rings. The van der Waals surface area contributed by atoms with Gasteiger partial charge in [0.15, 0.2) is 5.82 Å². The van der Waals surface area contributed by atoms with Crippen LogP contribution in [0, 0.1) is 0 Å². The van der Waals surface area contributed by atoms with Gasteiger partial charge in [0, 0.05) is 39.0 Å². The number of rotatable bonds is 7. The van der Waals surface area contributed by atoms with E-state index < -0.39 is 0 Å². The van der Waals surface area contributed by atoms with Gasteiger partial charge in [-0.3, -0.25) is 4.68 Å². The molecule has 0 amide bonds. The molecule has 2 aromatic rings. The van der Waals surface area contributed by atoms with Crippen LogP contribution in [0.25, 0.3) is 5.82 Å². The normalized spacial score (nSPS) is 11.0. The summed E-state index contributed by atoms with van der Waals surface area (Å²) in [5, 5.41) is 15.7. The number of aromatic nitrogens is 5. The van der Waals surface area contributed by atoms with Crippen LogP contribution in [0.1, 0.15) is 12.6 Å². The zero-order chi connectivity index (χ0) is 12.8. The lowest BCUT2D eigenvalue weighted by molar-refractivity contribution is 0.199. The lowest BCUT2D eigenvalue weighted by Gasteiger charge is -1.99. The van der Waals surface area contributed by atoms with Crippen molar-refractivity contribution in [1.82, 2.24) is 30.1 Å². The molecule has 2 rings (SSSR count). The molecular formula is C11H18N6O. The van der Waals surface area contributed by atoms with Gasteiger partial charge in [0.05, 0.1) is 18.5 Å². The first-order valence-corrected chi connectivity index (χ1v) is 5.98. The predicted molar refractivity (Wildman–Crippen MR) is 66.4 cm³/mol. The Morgan fingerprint density at radius 2 is 2.33 bits per heavy atom. The summed E-state index contributed by atoms with van der Waals surface area (Å²) in [5.74, 6) is 0.785. The van der Waals surface area contributed by atoms with E-state index in [2.05, 4.69) is 20.7 Å². The summed E-state index contributed by atoms with van der Waals surface area (Å²) in [5.41, 5.74) is 0.886. The van der Waals surface area contributed by atoms with Crippen LogP contribution in [0.4, 0.5) is 0 Å². The van der Waals surface area contributed by atoms with E-state index in [0.29, 0.717) is 13.2 Å². The van der Waals surface area contributed by atoms with Crippen molar-refractivity contribution in [2.75, 3.05) is 20.3 Å². The Morgan fingerprint density at radius 3 is 3.06 bits per heavy atom. The van der Waals surface area contributed by atoms with Crippen molar-refractivity contribution in [2.24, 2.45) is 0 Å². The molecule has 7 nitrogen and oxygen atoms in total. The van der Waals surface area contributed by atoms with Gasteiger partial charge in [-0.25, -0.2) is 4.68 Å². The summed E-state index contributed by atoms with van der Waals surface area (Å²) in [7, 11) is 1.68. The highest BCUT2D eigenvalue weighted by molar-refractivity contribution is 5.18. The van der Waals surface area contributed by atoms with Crippen LogP contribution in [-0.4, -0.2) is 45.0 Å². The van der Waals surface area contributed by atoms with E-state index in [1.54, 1.807) is 11.8 Å². The van der Waals surface area contributed by atoms with Gasteiger partial charge in [0.2, 0.25) is 0 Å². The van der Waals surface area contributed by atoms with Crippen molar-refractivity contribution in [2.45, 2.75) is 20.0 Å². The summed E-state index contributed by atoms with van der Waals surface area (Å²) >= 11 is 0. The van der Waals surface area contributed by atoms with Crippen molar-refractivity contribution in [3.8, 4) is 5.82 Å². The second-order valence-corrected chi connectivity index (χ2v) is 3.85. The largest absolute Gasteiger partial charge is 0.383 e. The van der Waals surface area contributed by atoms with Crippen LogP contribution in [0.15, 0.2) is 18.5 Å². The predicted octanol–water partition coefficient (Wildman–Crippen LogP) is 0.220. The molecule has 0 fully saturated rings. The van der Waals surface area contributed by atoms with E-state index in [9.17, 15) is 0 Å². The molecule has 0 spiro atoms. The number of methoxy groups -OCH3 is 1. The summed E-state index contributed by atoms with van der Waals surface area (Å²) in [6, 6.07) is 1.92. The standard InChI is InChI=1S/C11H18N6O/c1-3-16-6-4-11(14-16)17-9-10(13-15-17)8-12-5-7-18-2/h4,6,9,12H,3,5,7-8H2,1-2H3. The second kappa shape index (κ2) is 6.27. The Balaban J connectivity index is 1.93. The molecule has 1 N–H and O–H groups in total. The van der Waals surface area contributed by atoms with Crippen LogP contribution in [0.3, 0.4) is 0 Å². The van der Waals surface area contributed by atoms with E-state index in [1.807, 2.05) is 30.1 Å². The van der Waals surface area contributed by atoms with Crippen molar-refractivity contribution in [3.63, 3.8) is 0 Å². The molecule has 0 atom stereocenters. The SMILES string of the molecule is CCn1ccc(-n2cc(CNCCOC)nn2)n1. The highest BCUT2D eigenvalue weighted by Gasteiger charge is 2.04. The van der Waals surface area contributed by atoms with Gasteiger partial charge in [-0.05, 0) is 6.92 Å². The molecule has 0 bridgehead atoms. The number of hydrogen-bond donors (Lipinski definition) is 1. The molecule has 7 heteroatoms. The first kappa shape index (κ1) is 12.7. The van der Waals surface area contributed by atoms with Gasteiger partial charge < -0.3 is 10.1 Å². The molecule has 0 radical (unpaired) electrons. The van der Waals surface area contributed by atoms with E-state index >= 15 is 0 Å². The summed E-state index contributed by atoms with van der Waals surface area (Å²) in [6.07, 6.45) is 3.80. The van der Waals surface area contributed by atoms with E-state index in [-0.39, 0.29) is 0 Å². The molecule has 98 valence electrons. The fourth-order valence-corrected chi connectivity index (χ4v) is 1.53. The average molecular weight is 250 g/mol. The third kappa shape index (κ3) is 3.14. The summed E-state index contributed by atoms with van der Waals surface area (Å²) in [6.45, 7) is 5.06. The van der Waals surface area contributed by atoms with Crippen LogP contribution >= 0.6 is 0 Å². The Labute approximate surface area is 106 Å². The zero-order valence-electron chi connectivity index (χ0n) is 10.7. The van der Waals surface area contributed by atoms with Crippen LogP contribution in [0.2, 0.25) is 0 Å². The topological polar surface area (TPSA) is 69.8 Å². The van der Waals surface area contributed by atoms with E-state index in [1.165, 1.54) is 0 Å². The minimum absolute atomic E-state index is 0.678. The van der Waals surface area contributed by atoms with Gasteiger partial charge in [-0.1, -0.05) is 5.21 Å². The molecule has 0 aliphatic carbocycles. The van der Waals surface area contributed by atoms with E-state index in [4.69, 9.17) is 4.74 Å². The number of nitrogens with zero attached hydrogens (tertiary/aromatic N) is 5. The Bertz CT molecular complexity index is 477. The van der Waals surface area contributed by atoms with Crippen LogP contribution < -0.4 is 5.32 Å². The van der Waals surface area contributed by atoms with E-state index in [0.717, 1.165) is 24.6 Å². The highest BCUT2D eigenvalue weighted by atomic mass is 16.5. The van der Waals surface area contributed by atoms with Crippen molar-refractivity contribution in [3.05, 3.63) is 24.2 Å². The van der Waals surface area contributed by atoms with Gasteiger partial charge in [-0.2, -0.15) is 5.10 Å². The Hall–Kier alpha value is -1.73. The van der Waals surface area contributed by atoms with Crippen LogP contribution in [-0.2, 0) is 17.8 Å². The van der Waals surface area contributed by atoms with Crippen molar-refractivity contribution in [1.29, 1.82) is 0 Å². The summed E-state index contributed by atoms with van der Waals surface area (Å²) in [4.78, 5) is 0. The average Bonchev–Trinajstić information content (AvgIpc) is 3.03. The van der Waals surface area contributed by atoms with Gasteiger partial charge in [0.1, 0.15) is 0 Å². The highest BCUT2D eigenvalue weighted by Crippen LogP contribution is 2.03. The molecule has 0 unspecified atom stereocenters. The van der Waals surface area contributed by atoms with Crippen LogP contribution in [0.5, 0.6) is 0 Å². The number of nitrogens with one attached hydrogen (secondary N) is 1. The maximum absolute atomic E-state index is 4.95. The molecule has 0 saturated carbocycles. The number of ether oxygens (including phenoxy) is 1. The fraction of sp³-hybridized carbons (Fsp3) is 0.545. The fourth-order valence-electron chi connectivity index (χ4n) is 1.53. The minimum atomic E-state index is 0.678. The van der Waals surface area contributed by atoms with Gasteiger partial charge in [0.25, 0.3) is 0 Å². The van der Waals surface area contributed by atoms with Crippen molar-refractivity contribution < 1.29 is 4.74 Å². The zero-order valence-corrected chi connectivity index (χ0v) is 10.7. The molecule has 0 aliphatic heterocycles. The molecular weight excluding hydrogens is 232 g/mol. The monoisotopic (exact) mass is 250 g/mol. The molecule has 0 saturated heterocycles. The lowest BCUT2D eigenvalue weighted by Crippen LogP contribution is -2.18. The quantitative estimate of drug-likeness (QED) is 0.712. The first-order chi connectivity index (χ1) is 8.83. The van der Waals surface area contributed by atoms with Crippen molar-refractivity contribution >= 4 is 0 Å². The lowest BCUT2D eigenvalue weighted by atomic mass is 10.4. The minimum Gasteiger partial charge on any atom is -0.383 e. The van der Waals surface area contributed by atoms with Gasteiger partial charge in [-0.15, -0.1) is 5.10 Å². The van der Waals surface area contributed by atoms with Gasteiger partial charge >= 0.3 is 0 Å². The first-order valence-electron chi connectivity index (χ1n) is 5.98. The maximum atomic E-state index is 4.95. The third-order valence-electron chi connectivity index (χ3n) is 2.52. The number of aryl methyl sites for hydroxylation is 1. The second-order valence-electron chi connectivity index (χ2n) is 3.85. The summed E-state index contributed by atoms with van der Waals surface area (Å²) < 4.78 is 8.49. The Morgan fingerprint density at radius 1 is 1.44 bits per heavy atom.